The third-order valence-corrected chi connectivity index (χ3v) is 1.37. The van der Waals surface area contributed by atoms with Gasteiger partial charge in [0.15, 0.2) is 0 Å². The second-order valence-electron chi connectivity index (χ2n) is 2.82. The van der Waals surface area contributed by atoms with Crippen molar-refractivity contribution in [2.75, 3.05) is 13.2 Å². The quantitative estimate of drug-likeness (QED) is 0.571. The number of nitriles is 1. The van der Waals surface area contributed by atoms with E-state index in [2.05, 4.69) is 6.07 Å². The molecule has 0 aliphatic carbocycles. The Balaban J connectivity index is 3.25. The molecule has 0 saturated carbocycles. The number of nitrogens with zero attached hydrogens (tertiary/aromatic N) is 1. The van der Waals surface area contributed by atoms with Crippen molar-refractivity contribution in [1.82, 2.24) is 0 Å². The summed E-state index contributed by atoms with van der Waals surface area (Å²) < 4.78 is 10.5. The Bertz CT molecular complexity index is 140. The van der Waals surface area contributed by atoms with Crippen LogP contribution in [0.2, 0.25) is 0 Å². The van der Waals surface area contributed by atoms with E-state index in [0.29, 0.717) is 13.2 Å². The minimum atomic E-state index is -0.277. The van der Waals surface area contributed by atoms with Gasteiger partial charge >= 0.3 is 0 Å². The average Bonchev–Trinajstić information content (AvgIpc) is 2.04. The standard InChI is InChI=1S/C9H17NO2/c1-4-9(7-10)12-6-5-11-8(2)3/h8-9H,4-6H2,1-3H3. The van der Waals surface area contributed by atoms with E-state index in [1.807, 2.05) is 20.8 Å². The second kappa shape index (κ2) is 7.08. The topological polar surface area (TPSA) is 42.2 Å². The van der Waals surface area contributed by atoms with Crippen LogP contribution in [0.3, 0.4) is 0 Å². The molecule has 0 aliphatic rings. The molecule has 0 amide bonds. The van der Waals surface area contributed by atoms with Gasteiger partial charge < -0.3 is 9.47 Å². The molecule has 1 unspecified atom stereocenters. The van der Waals surface area contributed by atoms with Gasteiger partial charge in [0.2, 0.25) is 0 Å². The first-order valence-corrected chi connectivity index (χ1v) is 4.33. The Labute approximate surface area is 74.3 Å². The summed E-state index contributed by atoms with van der Waals surface area (Å²) in [4.78, 5) is 0. The highest BCUT2D eigenvalue weighted by Gasteiger charge is 2.02. The first-order chi connectivity index (χ1) is 5.70. The highest BCUT2D eigenvalue weighted by Crippen LogP contribution is 1.96. The van der Waals surface area contributed by atoms with Gasteiger partial charge in [-0.3, -0.25) is 0 Å². The van der Waals surface area contributed by atoms with Crippen LogP contribution < -0.4 is 0 Å². The lowest BCUT2D eigenvalue weighted by atomic mass is 10.3. The summed E-state index contributed by atoms with van der Waals surface area (Å²) in [7, 11) is 0. The Morgan fingerprint density at radius 3 is 2.25 bits per heavy atom. The van der Waals surface area contributed by atoms with Gasteiger partial charge in [-0.05, 0) is 20.3 Å². The van der Waals surface area contributed by atoms with Gasteiger partial charge in [0.05, 0.1) is 25.4 Å². The van der Waals surface area contributed by atoms with Crippen molar-refractivity contribution in [3.63, 3.8) is 0 Å². The van der Waals surface area contributed by atoms with Crippen LogP contribution in [0.25, 0.3) is 0 Å². The van der Waals surface area contributed by atoms with E-state index in [4.69, 9.17) is 14.7 Å². The smallest absolute Gasteiger partial charge is 0.143 e. The van der Waals surface area contributed by atoms with Crippen LogP contribution >= 0.6 is 0 Å². The van der Waals surface area contributed by atoms with Crippen LogP contribution in [-0.2, 0) is 9.47 Å². The fraction of sp³-hybridized carbons (Fsp3) is 0.889. The lowest BCUT2D eigenvalue weighted by molar-refractivity contribution is 0.00296. The first-order valence-electron chi connectivity index (χ1n) is 4.33. The second-order valence-corrected chi connectivity index (χ2v) is 2.82. The monoisotopic (exact) mass is 171 g/mol. The summed E-state index contributed by atoms with van der Waals surface area (Å²) in [6.07, 6.45) is 0.689. The van der Waals surface area contributed by atoms with Crippen molar-refractivity contribution in [3.05, 3.63) is 0 Å². The molecule has 0 aromatic heterocycles. The average molecular weight is 171 g/mol. The van der Waals surface area contributed by atoms with Crippen molar-refractivity contribution in [1.29, 1.82) is 5.26 Å². The fourth-order valence-corrected chi connectivity index (χ4v) is 0.721. The van der Waals surface area contributed by atoms with Gasteiger partial charge in [-0.2, -0.15) is 5.26 Å². The molecule has 0 aromatic rings. The molecular formula is C9H17NO2. The van der Waals surface area contributed by atoms with Crippen LogP contribution in [0, 0.1) is 11.3 Å². The summed E-state index contributed by atoms with van der Waals surface area (Å²) >= 11 is 0. The Morgan fingerprint density at radius 1 is 1.25 bits per heavy atom. The van der Waals surface area contributed by atoms with Gasteiger partial charge in [-0.15, -0.1) is 0 Å². The van der Waals surface area contributed by atoms with E-state index in [1.165, 1.54) is 0 Å². The summed E-state index contributed by atoms with van der Waals surface area (Å²) in [5, 5.41) is 8.52. The van der Waals surface area contributed by atoms with Gasteiger partial charge in [0, 0.05) is 0 Å². The van der Waals surface area contributed by atoms with Crippen molar-refractivity contribution in [3.8, 4) is 6.07 Å². The molecule has 0 bridgehead atoms. The van der Waals surface area contributed by atoms with Gasteiger partial charge in [-0.25, -0.2) is 0 Å². The van der Waals surface area contributed by atoms with Crippen molar-refractivity contribution in [2.45, 2.75) is 39.4 Å². The molecule has 0 fully saturated rings. The molecule has 0 aliphatic heterocycles. The largest absolute Gasteiger partial charge is 0.376 e. The summed E-state index contributed by atoms with van der Waals surface area (Å²) in [5.74, 6) is 0. The number of hydrogen-bond donors (Lipinski definition) is 0. The van der Waals surface area contributed by atoms with Crippen molar-refractivity contribution >= 4 is 0 Å². The Kier molecular flexibility index (Phi) is 6.73. The molecule has 0 aromatic carbocycles. The molecule has 0 rings (SSSR count). The maximum atomic E-state index is 8.52. The lowest BCUT2D eigenvalue weighted by Gasteiger charge is -2.10. The molecule has 1 atom stereocenters. The Hall–Kier alpha value is -0.590. The minimum Gasteiger partial charge on any atom is -0.376 e. The van der Waals surface area contributed by atoms with Crippen molar-refractivity contribution in [2.24, 2.45) is 0 Å². The maximum absolute atomic E-state index is 8.52. The molecule has 0 N–H and O–H groups in total. The lowest BCUT2D eigenvalue weighted by Crippen LogP contribution is -2.15. The molecule has 3 nitrogen and oxygen atoms in total. The molecule has 12 heavy (non-hydrogen) atoms. The zero-order chi connectivity index (χ0) is 9.40. The fourth-order valence-electron chi connectivity index (χ4n) is 0.721. The summed E-state index contributed by atoms with van der Waals surface area (Å²) in [6, 6.07) is 2.06. The SMILES string of the molecule is CCC(C#N)OCCOC(C)C. The number of ether oxygens (including phenoxy) is 2. The van der Waals surface area contributed by atoms with E-state index in [0.717, 1.165) is 6.42 Å². The molecule has 0 radical (unpaired) electrons. The van der Waals surface area contributed by atoms with E-state index < -0.39 is 0 Å². The minimum absolute atomic E-state index is 0.232. The van der Waals surface area contributed by atoms with E-state index in [-0.39, 0.29) is 12.2 Å². The molecule has 0 spiro atoms. The van der Waals surface area contributed by atoms with Crippen LogP contribution in [0.1, 0.15) is 27.2 Å². The van der Waals surface area contributed by atoms with Crippen LogP contribution in [0.5, 0.6) is 0 Å². The van der Waals surface area contributed by atoms with Crippen LogP contribution in [0.15, 0.2) is 0 Å². The zero-order valence-electron chi connectivity index (χ0n) is 8.04. The molecule has 3 heteroatoms. The van der Waals surface area contributed by atoms with Gasteiger partial charge in [0.25, 0.3) is 0 Å². The third kappa shape index (κ3) is 6.14. The molecular weight excluding hydrogens is 154 g/mol. The summed E-state index contributed by atoms with van der Waals surface area (Å²) in [6.45, 7) is 6.94. The Morgan fingerprint density at radius 2 is 1.83 bits per heavy atom. The van der Waals surface area contributed by atoms with Gasteiger partial charge in [-0.1, -0.05) is 6.92 Å². The van der Waals surface area contributed by atoms with Crippen LogP contribution in [0.4, 0.5) is 0 Å². The molecule has 0 saturated heterocycles. The predicted octanol–water partition coefficient (Wildman–Crippen LogP) is 1.73. The van der Waals surface area contributed by atoms with Crippen molar-refractivity contribution < 1.29 is 9.47 Å². The van der Waals surface area contributed by atoms with Gasteiger partial charge in [0.1, 0.15) is 6.10 Å². The van der Waals surface area contributed by atoms with E-state index in [1.54, 1.807) is 0 Å². The normalized spacial score (nSPS) is 12.9. The first kappa shape index (κ1) is 11.4. The highest BCUT2D eigenvalue weighted by atomic mass is 16.5. The number of rotatable bonds is 6. The number of hydrogen-bond acceptors (Lipinski definition) is 3. The molecule has 0 heterocycles. The van der Waals surface area contributed by atoms with E-state index >= 15 is 0 Å². The molecule has 70 valence electrons. The van der Waals surface area contributed by atoms with Crippen LogP contribution in [-0.4, -0.2) is 25.4 Å². The predicted molar refractivity (Wildman–Crippen MR) is 46.7 cm³/mol. The van der Waals surface area contributed by atoms with E-state index in [9.17, 15) is 0 Å². The highest BCUT2D eigenvalue weighted by molar-refractivity contribution is 4.82. The third-order valence-electron chi connectivity index (χ3n) is 1.37. The maximum Gasteiger partial charge on any atom is 0.143 e. The summed E-state index contributed by atoms with van der Waals surface area (Å²) in [5.41, 5.74) is 0. The zero-order valence-corrected chi connectivity index (χ0v) is 8.04.